The third-order valence-electron chi connectivity index (χ3n) is 1.86. The smallest absolute Gasteiger partial charge is 0.138 e. The van der Waals surface area contributed by atoms with Gasteiger partial charge in [0.1, 0.15) is 12.7 Å². The fraction of sp³-hybridized carbons (Fsp3) is 0.250. The maximum Gasteiger partial charge on any atom is 0.138 e. The van der Waals surface area contributed by atoms with Crippen molar-refractivity contribution in [3.63, 3.8) is 0 Å². The van der Waals surface area contributed by atoms with E-state index in [0.29, 0.717) is 0 Å². The van der Waals surface area contributed by atoms with E-state index in [4.69, 9.17) is 0 Å². The molecule has 3 heterocycles. The second kappa shape index (κ2) is 9.89. The highest BCUT2D eigenvalue weighted by atomic mass is 15.3. The number of nitrogens with zero attached hydrogens (tertiary/aromatic N) is 9. The van der Waals surface area contributed by atoms with Gasteiger partial charge in [0.2, 0.25) is 0 Å². The summed E-state index contributed by atoms with van der Waals surface area (Å²) >= 11 is 0. The van der Waals surface area contributed by atoms with Gasteiger partial charge >= 0.3 is 0 Å². The summed E-state index contributed by atoms with van der Waals surface area (Å²) in [6.07, 6.45) is 7.72. The minimum Gasteiger partial charge on any atom is -0.241 e. The zero-order chi connectivity index (χ0) is 15.3. The van der Waals surface area contributed by atoms with Crippen LogP contribution in [-0.4, -0.2) is 45.8 Å². The fourth-order valence-electron chi connectivity index (χ4n) is 0.911. The van der Waals surface area contributed by atoms with Crippen molar-refractivity contribution >= 4 is 0 Å². The van der Waals surface area contributed by atoms with Crippen molar-refractivity contribution in [2.75, 3.05) is 0 Å². The number of aryl methyl sites for hydroxylation is 3. The van der Waals surface area contributed by atoms with Crippen molar-refractivity contribution in [3.8, 4) is 0 Å². The molecule has 0 atom stereocenters. The van der Waals surface area contributed by atoms with Gasteiger partial charge in [0.25, 0.3) is 0 Å². The lowest BCUT2D eigenvalue weighted by atomic mass is 10.5. The predicted molar refractivity (Wildman–Crippen MR) is 73.7 cm³/mol. The van der Waals surface area contributed by atoms with Crippen LogP contribution in [0.25, 0.3) is 0 Å². The van der Waals surface area contributed by atoms with Crippen LogP contribution < -0.4 is 0 Å². The molecule has 3 aromatic rings. The SMILES string of the molecule is Cc1ccnnn1.Cc1cncnn1.Cc1cnncn1. The highest BCUT2D eigenvalue weighted by Crippen LogP contribution is 1.80. The van der Waals surface area contributed by atoms with Gasteiger partial charge in [-0.3, -0.25) is 0 Å². The molecule has 0 bridgehead atoms. The van der Waals surface area contributed by atoms with Crippen molar-refractivity contribution in [1.29, 1.82) is 0 Å². The molecule has 0 radical (unpaired) electrons. The van der Waals surface area contributed by atoms with Crippen molar-refractivity contribution in [2.45, 2.75) is 20.8 Å². The Hall–Kier alpha value is -2.97. The van der Waals surface area contributed by atoms with Gasteiger partial charge in [-0.2, -0.15) is 10.2 Å². The predicted octanol–water partition coefficient (Wildman–Crippen LogP) is 0.540. The lowest BCUT2D eigenvalue weighted by Crippen LogP contribution is -1.85. The Labute approximate surface area is 122 Å². The van der Waals surface area contributed by atoms with Crippen molar-refractivity contribution in [3.05, 3.63) is 54.4 Å². The second-order valence-corrected chi connectivity index (χ2v) is 3.76. The standard InChI is InChI=1S/3C4H5N3/c1-4-2-6-7-3-5-4;1-4-2-5-3-6-7-4;1-4-2-3-5-7-6-4/h3*2-3H,1H3. The second-order valence-electron chi connectivity index (χ2n) is 3.76. The number of aromatic nitrogens is 9. The molecule has 0 N–H and O–H groups in total. The van der Waals surface area contributed by atoms with Gasteiger partial charge in [-0.05, 0) is 32.1 Å². The molecule has 0 aliphatic carbocycles. The lowest BCUT2D eigenvalue weighted by molar-refractivity contribution is 0.839. The topological polar surface area (TPSA) is 116 Å². The molecule has 3 aromatic heterocycles. The van der Waals surface area contributed by atoms with Crippen molar-refractivity contribution < 1.29 is 0 Å². The van der Waals surface area contributed by atoms with Crippen LogP contribution in [-0.2, 0) is 0 Å². The summed E-state index contributed by atoms with van der Waals surface area (Å²) < 4.78 is 0. The van der Waals surface area contributed by atoms with E-state index in [0.717, 1.165) is 17.1 Å². The Morgan fingerprint density at radius 2 is 1.57 bits per heavy atom. The van der Waals surface area contributed by atoms with Gasteiger partial charge in [-0.15, -0.1) is 20.4 Å². The summed E-state index contributed by atoms with van der Waals surface area (Å²) in [5, 5.41) is 24.7. The molecule has 0 aliphatic rings. The van der Waals surface area contributed by atoms with Crippen LogP contribution in [0.2, 0.25) is 0 Å². The Balaban J connectivity index is 0.000000157. The lowest BCUT2D eigenvalue weighted by Gasteiger charge is -1.80. The van der Waals surface area contributed by atoms with E-state index >= 15 is 0 Å². The van der Waals surface area contributed by atoms with Gasteiger partial charge < -0.3 is 0 Å². The maximum atomic E-state index is 3.81. The molecule has 0 amide bonds. The third-order valence-corrected chi connectivity index (χ3v) is 1.86. The first-order chi connectivity index (χ1) is 10.2. The van der Waals surface area contributed by atoms with Crippen molar-refractivity contribution in [2.24, 2.45) is 0 Å². The normalized spacial score (nSPS) is 8.71. The maximum absolute atomic E-state index is 3.81. The number of rotatable bonds is 0. The molecule has 0 aliphatic heterocycles. The Morgan fingerprint density at radius 3 is 1.86 bits per heavy atom. The number of hydrogen-bond donors (Lipinski definition) is 0. The Kier molecular flexibility index (Phi) is 7.58. The molecule has 0 unspecified atom stereocenters. The van der Waals surface area contributed by atoms with E-state index in [-0.39, 0.29) is 0 Å². The van der Waals surface area contributed by atoms with Gasteiger partial charge in [0.15, 0.2) is 0 Å². The summed E-state index contributed by atoms with van der Waals surface area (Å²) in [6, 6.07) is 1.80. The first kappa shape index (κ1) is 16.1. The summed E-state index contributed by atoms with van der Waals surface area (Å²) in [4.78, 5) is 7.52. The minimum absolute atomic E-state index is 0.850. The van der Waals surface area contributed by atoms with Crippen LogP contribution in [0, 0.1) is 20.8 Å². The van der Waals surface area contributed by atoms with E-state index in [1.165, 1.54) is 12.7 Å². The zero-order valence-corrected chi connectivity index (χ0v) is 12.0. The van der Waals surface area contributed by atoms with Crippen LogP contribution >= 0.6 is 0 Å². The molecule has 3 rings (SSSR count). The van der Waals surface area contributed by atoms with E-state index < -0.39 is 0 Å². The van der Waals surface area contributed by atoms with E-state index in [9.17, 15) is 0 Å². The van der Waals surface area contributed by atoms with Gasteiger partial charge in [0.05, 0.1) is 35.7 Å². The highest BCUT2D eigenvalue weighted by Gasteiger charge is 1.77. The van der Waals surface area contributed by atoms with Crippen molar-refractivity contribution in [1.82, 2.24) is 45.8 Å². The largest absolute Gasteiger partial charge is 0.241 e. The Morgan fingerprint density at radius 1 is 0.714 bits per heavy atom. The molecule has 21 heavy (non-hydrogen) atoms. The van der Waals surface area contributed by atoms with Gasteiger partial charge in [-0.1, -0.05) is 0 Å². The minimum atomic E-state index is 0.850. The molecule has 9 heteroatoms. The quantitative estimate of drug-likeness (QED) is 0.583. The van der Waals surface area contributed by atoms with Crippen LogP contribution in [0.15, 0.2) is 37.3 Å². The molecule has 0 spiro atoms. The average molecular weight is 285 g/mol. The van der Waals surface area contributed by atoms with Crippen LogP contribution in [0.3, 0.4) is 0 Å². The monoisotopic (exact) mass is 285 g/mol. The van der Waals surface area contributed by atoms with E-state index in [1.54, 1.807) is 24.7 Å². The van der Waals surface area contributed by atoms with Gasteiger partial charge in [0, 0.05) is 0 Å². The molecular weight excluding hydrogens is 270 g/mol. The van der Waals surface area contributed by atoms with E-state index in [1.807, 2.05) is 20.8 Å². The molecule has 108 valence electrons. The zero-order valence-electron chi connectivity index (χ0n) is 12.0. The molecule has 0 saturated carbocycles. The third kappa shape index (κ3) is 8.70. The summed E-state index contributed by atoms with van der Waals surface area (Å²) in [5.41, 5.74) is 2.65. The average Bonchev–Trinajstić information content (AvgIpc) is 2.51. The Bertz CT molecular complexity index is 500. The molecule has 0 saturated heterocycles. The summed E-state index contributed by atoms with van der Waals surface area (Å²) in [5.74, 6) is 0. The molecular formula is C12H15N9. The highest BCUT2D eigenvalue weighted by molar-refractivity contribution is 4.89. The fourth-order valence-corrected chi connectivity index (χ4v) is 0.911. The van der Waals surface area contributed by atoms with Crippen LogP contribution in [0.4, 0.5) is 0 Å². The number of hydrogen-bond acceptors (Lipinski definition) is 9. The molecule has 0 aromatic carbocycles. The summed E-state index contributed by atoms with van der Waals surface area (Å²) in [7, 11) is 0. The van der Waals surface area contributed by atoms with E-state index in [2.05, 4.69) is 45.8 Å². The van der Waals surface area contributed by atoms with Gasteiger partial charge in [-0.25, -0.2) is 9.97 Å². The first-order valence-corrected chi connectivity index (χ1v) is 5.98. The molecule has 9 nitrogen and oxygen atoms in total. The molecule has 0 fully saturated rings. The summed E-state index contributed by atoms with van der Waals surface area (Å²) in [6.45, 7) is 5.59. The van der Waals surface area contributed by atoms with Crippen LogP contribution in [0.5, 0.6) is 0 Å². The van der Waals surface area contributed by atoms with Crippen LogP contribution in [0.1, 0.15) is 17.1 Å². The first-order valence-electron chi connectivity index (χ1n) is 5.98.